The van der Waals surface area contributed by atoms with Gasteiger partial charge in [-0.15, -0.1) is 0 Å². The Kier molecular flexibility index (Phi) is 59.3. The molecular formula is C68H137N2O6P. The second kappa shape index (κ2) is 59.8. The highest BCUT2D eigenvalue weighted by atomic mass is 31.2. The summed E-state index contributed by atoms with van der Waals surface area (Å²) in [4.78, 5) is 25.6. The number of likely N-dealkylation sites (N-methyl/N-ethyl adjacent to an activating group) is 1. The highest BCUT2D eigenvalue weighted by molar-refractivity contribution is 7.45. The topological polar surface area (TPSA) is 108 Å². The van der Waals surface area contributed by atoms with Crippen LogP contribution in [-0.2, 0) is 18.4 Å². The van der Waals surface area contributed by atoms with Gasteiger partial charge in [0.2, 0.25) is 5.91 Å². The van der Waals surface area contributed by atoms with Crippen molar-refractivity contribution in [3.63, 3.8) is 0 Å². The maximum atomic E-state index is 13.0. The number of phosphoric acid groups is 1. The number of carbonyl (C=O) groups excluding carboxylic acids is 1. The summed E-state index contributed by atoms with van der Waals surface area (Å²) in [6.45, 7) is 4.78. The Morgan fingerprint density at radius 2 is 0.714 bits per heavy atom. The standard InChI is InChI=1S/C68H137N2O6P/c1-6-8-10-12-14-16-18-20-22-24-26-28-30-31-32-33-34-35-36-37-38-40-41-43-45-47-49-51-53-55-57-59-61-67(71)66(65-76-77(73,74)75-64-63-70(3,4)5)69-68(72)62-60-58-56-54-52-50-48-46-44-42-39-29-27-25-23-21-19-17-15-13-11-9-7-2/h25,27,66-67,71H,6-24,26,28-65H2,1-5H3,(H-,69,72,73,74)/b27-25-. The van der Waals surface area contributed by atoms with Crippen LogP contribution in [0.4, 0.5) is 0 Å². The van der Waals surface area contributed by atoms with Gasteiger partial charge in [0.05, 0.1) is 39.9 Å². The van der Waals surface area contributed by atoms with Gasteiger partial charge in [-0.3, -0.25) is 9.36 Å². The molecule has 0 saturated heterocycles. The van der Waals surface area contributed by atoms with Crippen LogP contribution in [-0.4, -0.2) is 68.5 Å². The smallest absolute Gasteiger partial charge is 0.268 e. The minimum Gasteiger partial charge on any atom is -0.756 e. The molecule has 0 bridgehead atoms. The third-order valence-corrected chi connectivity index (χ3v) is 17.2. The number of rotatable bonds is 65. The summed E-state index contributed by atoms with van der Waals surface area (Å²) in [6.07, 6.45) is 75.7. The fraction of sp³-hybridized carbons (Fsp3) is 0.956. The molecule has 0 aliphatic heterocycles. The van der Waals surface area contributed by atoms with E-state index in [-0.39, 0.29) is 19.1 Å². The molecule has 0 radical (unpaired) electrons. The number of hydrogen-bond donors (Lipinski definition) is 2. The van der Waals surface area contributed by atoms with Crippen molar-refractivity contribution in [2.75, 3.05) is 40.9 Å². The number of quaternary nitrogens is 1. The van der Waals surface area contributed by atoms with E-state index in [9.17, 15) is 19.4 Å². The molecular weight excluding hydrogens is 972 g/mol. The second-order valence-corrected chi connectivity index (χ2v) is 26.7. The molecule has 0 rings (SSSR count). The Morgan fingerprint density at radius 3 is 1.01 bits per heavy atom. The molecule has 3 atom stereocenters. The van der Waals surface area contributed by atoms with Gasteiger partial charge in [-0.05, 0) is 38.5 Å². The van der Waals surface area contributed by atoms with E-state index in [1.165, 1.54) is 302 Å². The summed E-state index contributed by atoms with van der Waals surface area (Å²) >= 11 is 0. The van der Waals surface area contributed by atoms with Gasteiger partial charge in [-0.25, -0.2) is 0 Å². The summed E-state index contributed by atoms with van der Waals surface area (Å²) in [6, 6.07) is -0.800. The van der Waals surface area contributed by atoms with Gasteiger partial charge in [0.25, 0.3) is 7.82 Å². The molecule has 0 aromatic heterocycles. The Bertz CT molecular complexity index is 1260. The highest BCUT2D eigenvalue weighted by Gasteiger charge is 2.24. The van der Waals surface area contributed by atoms with Crippen LogP contribution < -0.4 is 10.2 Å². The van der Waals surface area contributed by atoms with Crippen molar-refractivity contribution in [2.24, 2.45) is 0 Å². The zero-order chi connectivity index (χ0) is 56.3. The number of aliphatic hydroxyl groups is 1. The predicted octanol–water partition coefficient (Wildman–Crippen LogP) is 21.1. The zero-order valence-electron chi connectivity index (χ0n) is 52.7. The number of carbonyl (C=O) groups is 1. The molecule has 0 spiro atoms. The Labute approximate surface area is 482 Å². The van der Waals surface area contributed by atoms with Gasteiger partial charge in [0.15, 0.2) is 0 Å². The Morgan fingerprint density at radius 1 is 0.442 bits per heavy atom. The van der Waals surface area contributed by atoms with E-state index in [1.807, 2.05) is 21.1 Å². The molecule has 0 aromatic carbocycles. The minimum atomic E-state index is -4.58. The van der Waals surface area contributed by atoms with Crippen LogP contribution in [0, 0.1) is 0 Å². The number of nitrogens with one attached hydrogen (secondary N) is 1. The van der Waals surface area contributed by atoms with E-state index in [0.29, 0.717) is 23.9 Å². The van der Waals surface area contributed by atoms with Crippen LogP contribution in [0.5, 0.6) is 0 Å². The molecule has 0 fully saturated rings. The molecule has 8 nitrogen and oxygen atoms in total. The average molecular weight is 1110 g/mol. The lowest BCUT2D eigenvalue weighted by molar-refractivity contribution is -0.870. The SMILES string of the molecule is CCCCCCCCCC/C=C\CCCCCCCCCCCCCC(=O)NC(COP(=O)([O-])OCC[N+](C)(C)C)C(O)CCCCCCCCCCCCCCCCCCCCCCCCCCCCCCCCCC. The first-order chi connectivity index (χ1) is 37.5. The summed E-state index contributed by atoms with van der Waals surface area (Å²) in [5.74, 6) is -0.158. The van der Waals surface area contributed by atoms with Crippen LogP contribution in [0.3, 0.4) is 0 Å². The van der Waals surface area contributed by atoms with Crippen molar-refractivity contribution in [1.82, 2.24) is 5.32 Å². The number of unbranched alkanes of at least 4 members (excludes halogenated alkanes) is 50. The molecule has 9 heteroatoms. The number of hydrogen-bond acceptors (Lipinski definition) is 6. The highest BCUT2D eigenvalue weighted by Crippen LogP contribution is 2.38. The summed E-state index contributed by atoms with van der Waals surface area (Å²) in [5, 5.41) is 14.1. The van der Waals surface area contributed by atoms with Gasteiger partial charge >= 0.3 is 0 Å². The van der Waals surface area contributed by atoms with Crippen LogP contribution in [0.15, 0.2) is 12.2 Å². The lowest BCUT2D eigenvalue weighted by atomic mass is 10.0. The van der Waals surface area contributed by atoms with Gasteiger partial charge in [0, 0.05) is 6.42 Å². The van der Waals surface area contributed by atoms with E-state index in [2.05, 4.69) is 31.3 Å². The average Bonchev–Trinajstić information content (AvgIpc) is 3.39. The fourth-order valence-corrected chi connectivity index (χ4v) is 11.6. The first-order valence-corrected chi connectivity index (χ1v) is 36.0. The first-order valence-electron chi connectivity index (χ1n) is 34.5. The fourth-order valence-electron chi connectivity index (χ4n) is 10.9. The lowest BCUT2D eigenvalue weighted by Crippen LogP contribution is -2.46. The molecule has 3 unspecified atom stereocenters. The molecule has 0 heterocycles. The van der Waals surface area contributed by atoms with E-state index in [1.54, 1.807) is 0 Å². The third kappa shape index (κ3) is 62.7. The lowest BCUT2D eigenvalue weighted by Gasteiger charge is -2.30. The number of nitrogens with zero attached hydrogens (tertiary/aromatic N) is 1. The molecule has 0 saturated carbocycles. The first kappa shape index (κ1) is 76.2. The van der Waals surface area contributed by atoms with E-state index < -0.39 is 20.0 Å². The minimum absolute atomic E-state index is 0.0150. The van der Waals surface area contributed by atoms with Crippen LogP contribution in [0.2, 0.25) is 0 Å². The van der Waals surface area contributed by atoms with Gasteiger partial charge in [0.1, 0.15) is 13.2 Å². The van der Waals surface area contributed by atoms with E-state index >= 15 is 0 Å². The second-order valence-electron chi connectivity index (χ2n) is 25.2. The predicted molar refractivity (Wildman–Crippen MR) is 335 cm³/mol. The third-order valence-electron chi connectivity index (χ3n) is 16.3. The Hall–Kier alpha value is -0.760. The van der Waals surface area contributed by atoms with Gasteiger partial charge in [-0.1, -0.05) is 334 Å². The molecule has 2 N–H and O–H groups in total. The zero-order valence-corrected chi connectivity index (χ0v) is 53.6. The molecule has 77 heavy (non-hydrogen) atoms. The van der Waals surface area contributed by atoms with E-state index in [0.717, 1.165) is 38.5 Å². The molecule has 460 valence electrons. The largest absolute Gasteiger partial charge is 0.756 e. The van der Waals surface area contributed by atoms with Crippen molar-refractivity contribution in [1.29, 1.82) is 0 Å². The van der Waals surface area contributed by atoms with Crippen LogP contribution in [0.1, 0.15) is 367 Å². The number of amides is 1. The summed E-state index contributed by atoms with van der Waals surface area (Å²) < 4.78 is 23.5. The maximum Gasteiger partial charge on any atom is 0.268 e. The Balaban J connectivity index is 3.99. The van der Waals surface area contributed by atoms with Crippen molar-refractivity contribution in [3.8, 4) is 0 Å². The van der Waals surface area contributed by atoms with Crippen molar-refractivity contribution in [2.45, 2.75) is 379 Å². The molecule has 0 aliphatic rings. The summed E-state index contributed by atoms with van der Waals surface area (Å²) in [7, 11) is 1.32. The summed E-state index contributed by atoms with van der Waals surface area (Å²) in [5.41, 5.74) is 0. The number of phosphoric ester groups is 1. The normalized spacial score (nSPS) is 13.7. The quantitative estimate of drug-likeness (QED) is 0.0272. The van der Waals surface area contributed by atoms with Crippen molar-refractivity contribution < 1.29 is 32.9 Å². The van der Waals surface area contributed by atoms with Crippen LogP contribution >= 0.6 is 7.82 Å². The molecule has 0 aromatic rings. The van der Waals surface area contributed by atoms with Gasteiger partial charge < -0.3 is 28.8 Å². The van der Waals surface area contributed by atoms with Crippen LogP contribution in [0.25, 0.3) is 0 Å². The van der Waals surface area contributed by atoms with E-state index in [4.69, 9.17) is 9.05 Å². The van der Waals surface area contributed by atoms with Gasteiger partial charge in [-0.2, -0.15) is 0 Å². The monoisotopic (exact) mass is 1110 g/mol. The maximum absolute atomic E-state index is 13.0. The molecule has 1 amide bonds. The molecule has 0 aliphatic carbocycles. The van der Waals surface area contributed by atoms with Crippen molar-refractivity contribution >= 4 is 13.7 Å². The number of aliphatic hydroxyl groups excluding tert-OH is 1. The van der Waals surface area contributed by atoms with Crippen molar-refractivity contribution in [3.05, 3.63) is 12.2 Å². The number of allylic oxidation sites excluding steroid dienone is 2.